The van der Waals surface area contributed by atoms with Gasteiger partial charge in [0.2, 0.25) is 0 Å². The molecule has 0 saturated carbocycles. The van der Waals surface area contributed by atoms with Crippen molar-refractivity contribution in [1.29, 1.82) is 5.26 Å². The first-order chi connectivity index (χ1) is 16.4. The highest BCUT2D eigenvalue weighted by molar-refractivity contribution is 9.10. The Labute approximate surface area is 210 Å². The van der Waals surface area contributed by atoms with Crippen LogP contribution in [0.5, 0.6) is 11.5 Å². The molecule has 3 rings (SSSR count). The average molecular weight is 541 g/mol. The predicted molar refractivity (Wildman–Crippen MR) is 135 cm³/mol. The summed E-state index contributed by atoms with van der Waals surface area (Å²) in [6.07, 6.45) is 1.46. The maximum atomic E-state index is 12.5. The number of amides is 2. The van der Waals surface area contributed by atoms with Crippen LogP contribution < -0.4 is 20.1 Å². The van der Waals surface area contributed by atoms with Gasteiger partial charge in [0.15, 0.2) is 6.61 Å². The van der Waals surface area contributed by atoms with E-state index in [1.165, 1.54) is 6.08 Å². The third kappa shape index (κ3) is 7.10. The van der Waals surface area contributed by atoms with Crippen molar-refractivity contribution in [1.82, 2.24) is 0 Å². The number of nitrogens with one attached hydrogen (secondary N) is 2. The number of benzene rings is 3. The molecule has 7 nitrogen and oxygen atoms in total. The highest BCUT2D eigenvalue weighted by atomic mass is 79.9. The minimum atomic E-state index is -0.539. The standard InChI is InChI=1S/C25H19BrClN3O4/c1-33-21-9-7-20(8-10-21)30-25(32)17(14-28)12-16-2-11-23(22(26)13-16)34-15-24(31)29-19-5-3-18(27)4-6-19/h2-13H,15H2,1H3,(H,29,31)(H,30,32)/b17-12+. The smallest absolute Gasteiger partial charge is 0.266 e. The molecule has 0 fully saturated rings. The summed E-state index contributed by atoms with van der Waals surface area (Å²) in [5.41, 5.74) is 1.67. The van der Waals surface area contributed by atoms with E-state index in [1.54, 1.807) is 73.8 Å². The summed E-state index contributed by atoms with van der Waals surface area (Å²) in [4.78, 5) is 24.6. The SMILES string of the molecule is COc1ccc(NC(=O)/C(C#N)=C/c2ccc(OCC(=O)Nc3ccc(Cl)cc3)c(Br)c2)cc1. The monoisotopic (exact) mass is 539 g/mol. The van der Waals surface area contributed by atoms with E-state index in [1.807, 2.05) is 6.07 Å². The molecule has 0 aromatic heterocycles. The molecule has 0 aliphatic heterocycles. The number of hydrogen-bond donors (Lipinski definition) is 2. The Balaban J connectivity index is 1.61. The summed E-state index contributed by atoms with van der Waals surface area (Å²) in [5.74, 6) is 0.219. The molecule has 0 unspecified atom stereocenters. The van der Waals surface area contributed by atoms with E-state index < -0.39 is 5.91 Å². The summed E-state index contributed by atoms with van der Waals surface area (Å²) in [7, 11) is 1.55. The molecule has 0 bridgehead atoms. The van der Waals surface area contributed by atoms with Crippen LogP contribution in [0.15, 0.2) is 76.8 Å². The minimum absolute atomic E-state index is 0.0706. The van der Waals surface area contributed by atoms with Gasteiger partial charge >= 0.3 is 0 Å². The second-order valence-corrected chi connectivity index (χ2v) is 8.18. The predicted octanol–water partition coefficient (Wildman–Crippen LogP) is 5.67. The van der Waals surface area contributed by atoms with Gasteiger partial charge in [-0.2, -0.15) is 5.26 Å². The molecule has 2 N–H and O–H groups in total. The van der Waals surface area contributed by atoms with Crippen molar-refractivity contribution in [2.75, 3.05) is 24.4 Å². The second kappa shape index (κ2) is 11.9. The fourth-order valence-corrected chi connectivity index (χ4v) is 3.42. The van der Waals surface area contributed by atoms with E-state index in [9.17, 15) is 14.9 Å². The molecular formula is C25H19BrClN3O4. The zero-order valence-electron chi connectivity index (χ0n) is 18.0. The number of hydrogen-bond acceptors (Lipinski definition) is 5. The fourth-order valence-electron chi connectivity index (χ4n) is 2.79. The number of halogens is 2. The van der Waals surface area contributed by atoms with Gasteiger partial charge < -0.3 is 20.1 Å². The molecule has 3 aromatic carbocycles. The maximum Gasteiger partial charge on any atom is 0.266 e. The highest BCUT2D eigenvalue weighted by Crippen LogP contribution is 2.27. The Bertz CT molecular complexity index is 1250. The third-order valence-corrected chi connectivity index (χ3v) is 5.34. The number of ether oxygens (including phenoxy) is 2. The quantitative estimate of drug-likeness (QED) is 0.283. The van der Waals surface area contributed by atoms with Crippen LogP contribution in [0, 0.1) is 11.3 Å². The first-order valence-corrected chi connectivity index (χ1v) is 11.1. The lowest BCUT2D eigenvalue weighted by Crippen LogP contribution is -2.20. The Morgan fingerprint density at radius 3 is 2.29 bits per heavy atom. The first kappa shape index (κ1) is 24.8. The van der Waals surface area contributed by atoms with Gasteiger partial charge in [0.05, 0.1) is 11.6 Å². The largest absolute Gasteiger partial charge is 0.497 e. The van der Waals surface area contributed by atoms with E-state index in [2.05, 4.69) is 26.6 Å². The highest BCUT2D eigenvalue weighted by Gasteiger charge is 2.11. The Kier molecular flexibility index (Phi) is 8.68. The normalized spacial score (nSPS) is 10.7. The number of methoxy groups -OCH3 is 1. The van der Waals surface area contributed by atoms with Gasteiger partial charge in [0.25, 0.3) is 11.8 Å². The van der Waals surface area contributed by atoms with Crippen molar-refractivity contribution >= 4 is 56.8 Å². The van der Waals surface area contributed by atoms with Crippen molar-refractivity contribution in [2.24, 2.45) is 0 Å². The lowest BCUT2D eigenvalue weighted by Gasteiger charge is -2.10. The van der Waals surface area contributed by atoms with Crippen LogP contribution in [-0.4, -0.2) is 25.5 Å². The minimum Gasteiger partial charge on any atom is -0.497 e. The summed E-state index contributed by atoms with van der Waals surface area (Å²) < 4.78 is 11.2. The first-order valence-electron chi connectivity index (χ1n) is 9.93. The molecule has 34 heavy (non-hydrogen) atoms. The Hall–Kier alpha value is -3.80. The molecule has 0 spiro atoms. The lowest BCUT2D eigenvalue weighted by molar-refractivity contribution is -0.118. The zero-order chi connectivity index (χ0) is 24.5. The molecule has 0 saturated heterocycles. The summed E-state index contributed by atoms with van der Waals surface area (Å²) >= 11 is 9.23. The molecule has 0 atom stereocenters. The van der Waals surface area contributed by atoms with Gasteiger partial charge in [-0.1, -0.05) is 17.7 Å². The van der Waals surface area contributed by atoms with Crippen molar-refractivity contribution in [3.8, 4) is 17.6 Å². The van der Waals surface area contributed by atoms with E-state index in [0.29, 0.717) is 37.9 Å². The second-order valence-electron chi connectivity index (χ2n) is 6.89. The van der Waals surface area contributed by atoms with Gasteiger partial charge in [-0.15, -0.1) is 0 Å². The molecule has 0 aliphatic carbocycles. The van der Waals surface area contributed by atoms with Crippen LogP contribution in [0.2, 0.25) is 5.02 Å². The number of anilines is 2. The maximum absolute atomic E-state index is 12.5. The fraction of sp³-hybridized carbons (Fsp3) is 0.0800. The van der Waals surface area contributed by atoms with E-state index in [0.717, 1.165) is 0 Å². The number of nitriles is 1. The molecule has 172 valence electrons. The third-order valence-electron chi connectivity index (χ3n) is 4.47. The van der Waals surface area contributed by atoms with Crippen LogP contribution in [0.4, 0.5) is 11.4 Å². The molecule has 2 amide bonds. The van der Waals surface area contributed by atoms with E-state index in [4.69, 9.17) is 21.1 Å². The topological polar surface area (TPSA) is 100 Å². The van der Waals surface area contributed by atoms with Gasteiger partial charge in [-0.3, -0.25) is 9.59 Å². The van der Waals surface area contributed by atoms with E-state index in [-0.39, 0.29) is 18.1 Å². The van der Waals surface area contributed by atoms with Crippen LogP contribution in [0.25, 0.3) is 6.08 Å². The van der Waals surface area contributed by atoms with Gasteiger partial charge in [-0.25, -0.2) is 0 Å². The number of nitrogens with zero attached hydrogens (tertiary/aromatic N) is 1. The van der Waals surface area contributed by atoms with Crippen molar-refractivity contribution in [2.45, 2.75) is 0 Å². The molecule has 0 radical (unpaired) electrons. The van der Waals surface area contributed by atoms with E-state index >= 15 is 0 Å². The van der Waals surface area contributed by atoms with Crippen molar-refractivity contribution in [3.05, 3.63) is 87.4 Å². The van der Waals surface area contributed by atoms with Crippen molar-refractivity contribution < 1.29 is 19.1 Å². The van der Waals surface area contributed by atoms with Crippen LogP contribution >= 0.6 is 27.5 Å². The summed E-state index contributed by atoms with van der Waals surface area (Å²) in [5, 5.41) is 15.4. The Morgan fingerprint density at radius 1 is 1.03 bits per heavy atom. The van der Waals surface area contributed by atoms with Crippen LogP contribution in [0.1, 0.15) is 5.56 Å². The number of rotatable bonds is 8. The Morgan fingerprint density at radius 2 is 1.68 bits per heavy atom. The van der Waals surface area contributed by atoms with Gasteiger partial charge in [0.1, 0.15) is 23.1 Å². The average Bonchev–Trinajstić information content (AvgIpc) is 2.83. The van der Waals surface area contributed by atoms with Crippen LogP contribution in [-0.2, 0) is 9.59 Å². The summed E-state index contributed by atoms with van der Waals surface area (Å²) in [6, 6.07) is 20.4. The molecule has 0 heterocycles. The molecular weight excluding hydrogens is 522 g/mol. The number of carbonyl (C=O) groups is 2. The molecule has 9 heteroatoms. The zero-order valence-corrected chi connectivity index (χ0v) is 20.3. The number of carbonyl (C=O) groups excluding carboxylic acids is 2. The van der Waals surface area contributed by atoms with Gasteiger partial charge in [0, 0.05) is 16.4 Å². The van der Waals surface area contributed by atoms with Gasteiger partial charge in [-0.05, 0) is 88.2 Å². The summed E-state index contributed by atoms with van der Waals surface area (Å²) in [6.45, 7) is -0.204. The van der Waals surface area contributed by atoms with Crippen molar-refractivity contribution in [3.63, 3.8) is 0 Å². The molecule has 0 aliphatic rings. The molecule has 3 aromatic rings. The van der Waals surface area contributed by atoms with Crippen LogP contribution in [0.3, 0.4) is 0 Å². The lowest BCUT2D eigenvalue weighted by atomic mass is 10.1.